The van der Waals surface area contributed by atoms with Crippen molar-refractivity contribution in [1.82, 2.24) is 0 Å². The molecule has 0 aliphatic carbocycles. The first kappa shape index (κ1) is 14.5. The Hall–Kier alpha value is -2.89. The quantitative estimate of drug-likeness (QED) is 0.403. The van der Waals surface area contributed by atoms with E-state index >= 15 is 0 Å². The third-order valence-corrected chi connectivity index (χ3v) is 2.90. The average Bonchev–Trinajstić information content (AvgIpc) is 2.45. The number of carboxylic acids is 1. The van der Waals surface area contributed by atoms with Gasteiger partial charge in [-0.3, -0.25) is 0 Å². The number of hydrogen-bond donors (Lipinski definition) is 1. The molecular weight excluding hydrogens is 276 g/mol. The summed E-state index contributed by atoms with van der Waals surface area (Å²) in [6.07, 6.45) is 1.61. The molecule has 1 aromatic heterocycles. The Labute approximate surface area is 119 Å². The highest BCUT2D eigenvalue weighted by Gasteiger charge is 2.13. The van der Waals surface area contributed by atoms with Crippen LogP contribution in [0.3, 0.4) is 0 Å². The van der Waals surface area contributed by atoms with Crippen molar-refractivity contribution in [3.8, 4) is 5.75 Å². The van der Waals surface area contributed by atoms with E-state index in [1.54, 1.807) is 19.9 Å². The normalized spacial score (nSPS) is 11.4. The predicted molar refractivity (Wildman–Crippen MR) is 74.5 cm³/mol. The lowest BCUT2D eigenvalue weighted by molar-refractivity contribution is -0.130. The van der Waals surface area contributed by atoms with Crippen molar-refractivity contribution in [2.24, 2.45) is 0 Å². The second-order valence-electron chi connectivity index (χ2n) is 4.31. The molecule has 0 spiro atoms. The van der Waals surface area contributed by atoms with Crippen molar-refractivity contribution in [2.75, 3.05) is 0 Å². The number of benzene rings is 1. The Morgan fingerprint density at radius 2 is 2.00 bits per heavy atom. The van der Waals surface area contributed by atoms with E-state index in [0.717, 1.165) is 0 Å². The molecule has 1 heterocycles. The first-order valence-corrected chi connectivity index (χ1v) is 6.08. The van der Waals surface area contributed by atoms with Crippen LogP contribution in [0, 0.1) is 0 Å². The van der Waals surface area contributed by atoms with E-state index in [-0.39, 0.29) is 11.3 Å². The van der Waals surface area contributed by atoms with Gasteiger partial charge in [0.2, 0.25) is 0 Å². The highest BCUT2D eigenvalue weighted by molar-refractivity contribution is 5.92. The van der Waals surface area contributed by atoms with Gasteiger partial charge in [0.1, 0.15) is 16.9 Å². The summed E-state index contributed by atoms with van der Waals surface area (Å²) >= 11 is 0. The van der Waals surface area contributed by atoms with E-state index in [1.165, 1.54) is 24.3 Å². The summed E-state index contributed by atoms with van der Waals surface area (Å²) < 4.78 is 10.0. The number of carbonyl (C=O) groups is 2. The van der Waals surface area contributed by atoms with Crippen LogP contribution in [-0.2, 0) is 4.79 Å². The number of carbonyl (C=O) groups excluding carboxylic acids is 1. The number of ether oxygens (including phenoxy) is 1. The Kier molecular flexibility index (Phi) is 3.89. The molecule has 21 heavy (non-hydrogen) atoms. The molecule has 0 aliphatic rings. The molecular formula is C15H12O6. The van der Waals surface area contributed by atoms with E-state index in [9.17, 15) is 14.4 Å². The van der Waals surface area contributed by atoms with E-state index in [2.05, 4.69) is 0 Å². The molecule has 2 aromatic rings. The second-order valence-corrected chi connectivity index (χ2v) is 4.31. The topological polar surface area (TPSA) is 93.8 Å². The lowest BCUT2D eigenvalue weighted by Crippen LogP contribution is -2.13. The van der Waals surface area contributed by atoms with Crippen molar-refractivity contribution in [3.63, 3.8) is 0 Å². The maximum Gasteiger partial charge on any atom is 0.351 e. The lowest BCUT2D eigenvalue weighted by atomic mass is 10.2. The maximum atomic E-state index is 11.6. The number of hydrogen-bond acceptors (Lipinski definition) is 5. The van der Waals surface area contributed by atoms with Crippen molar-refractivity contribution >= 4 is 22.9 Å². The summed E-state index contributed by atoms with van der Waals surface area (Å²) in [7, 11) is 0. The standard InChI is InChI=1S/C15H12O6/c1-3-8(2)14(18)20-10-5-4-9-6-11(13(16)17)15(19)21-12(9)7-10/h3-7H,1-2H3,(H,16,17)/b8-3-. The fourth-order valence-corrected chi connectivity index (χ4v) is 1.61. The molecule has 0 radical (unpaired) electrons. The highest BCUT2D eigenvalue weighted by atomic mass is 16.5. The van der Waals surface area contributed by atoms with Crippen LogP contribution in [0.2, 0.25) is 0 Å². The minimum absolute atomic E-state index is 0.147. The fourth-order valence-electron chi connectivity index (χ4n) is 1.61. The molecule has 0 saturated carbocycles. The summed E-state index contributed by atoms with van der Waals surface area (Å²) in [6.45, 7) is 3.33. The zero-order valence-corrected chi connectivity index (χ0v) is 11.4. The van der Waals surface area contributed by atoms with Crippen LogP contribution in [0.5, 0.6) is 5.75 Å². The molecule has 108 valence electrons. The summed E-state index contributed by atoms with van der Waals surface area (Å²) in [5.74, 6) is -1.66. The summed E-state index contributed by atoms with van der Waals surface area (Å²) in [4.78, 5) is 34.0. The maximum absolute atomic E-state index is 11.6. The van der Waals surface area contributed by atoms with E-state index in [0.29, 0.717) is 11.0 Å². The molecule has 0 saturated heterocycles. The molecule has 2 rings (SSSR count). The van der Waals surface area contributed by atoms with Crippen LogP contribution in [0.25, 0.3) is 11.0 Å². The number of fused-ring (bicyclic) bond motifs is 1. The zero-order chi connectivity index (χ0) is 15.6. The van der Waals surface area contributed by atoms with E-state index in [4.69, 9.17) is 14.3 Å². The zero-order valence-electron chi connectivity index (χ0n) is 11.4. The molecule has 0 unspecified atom stereocenters. The Morgan fingerprint density at radius 3 is 2.62 bits per heavy atom. The highest BCUT2D eigenvalue weighted by Crippen LogP contribution is 2.21. The SMILES string of the molecule is C/C=C(/C)C(=O)Oc1ccc2cc(C(=O)O)c(=O)oc2c1. The minimum Gasteiger partial charge on any atom is -0.477 e. The molecule has 6 heteroatoms. The Morgan fingerprint density at radius 1 is 1.29 bits per heavy atom. The van der Waals surface area contributed by atoms with Gasteiger partial charge in [-0.1, -0.05) is 6.08 Å². The van der Waals surface area contributed by atoms with Gasteiger partial charge in [0.25, 0.3) is 0 Å². The van der Waals surface area contributed by atoms with E-state index in [1.807, 2.05) is 0 Å². The summed E-state index contributed by atoms with van der Waals surface area (Å²) in [6, 6.07) is 5.59. The predicted octanol–water partition coefficient (Wildman–Crippen LogP) is 2.36. The van der Waals surface area contributed by atoms with Gasteiger partial charge in [0, 0.05) is 17.0 Å². The number of aromatic carboxylic acids is 1. The van der Waals surface area contributed by atoms with Crippen LogP contribution in [0.15, 0.2) is 45.1 Å². The van der Waals surface area contributed by atoms with Crippen LogP contribution in [-0.4, -0.2) is 17.0 Å². The van der Waals surface area contributed by atoms with E-state index < -0.39 is 23.1 Å². The van der Waals surface area contributed by atoms with Gasteiger partial charge in [-0.2, -0.15) is 0 Å². The Balaban J connectivity index is 2.43. The third-order valence-electron chi connectivity index (χ3n) is 2.90. The lowest BCUT2D eigenvalue weighted by Gasteiger charge is -2.05. The summed E-state index contributed by atoms with van der Waals surface area (Å²) in [5.41, 5.74) is -0.814. The van der Waals surface area contributed by atoms with Gasteiger partial charge in [-0.15, -0.1) is 0 Å². The number of carboxylic acid groups (broad SMARTS) is 1. The second kappa shape index (κ2) is 5.62. The molecule has 0 atom stereocenters. The smallest absolute Gasteiger partial charge is 0.351 e. The third kappa shape index (κ3) is 3.00. The van der Waals surface area contributed by atoms with Gasteiger partial charge < -0.3 is 14.3 Å². The van der Waals surface area contributed by atoms with Crippen molar-refractivity contribution in [3.05, 3.63) is 51.9 Å². The van der Waals surface area contributed by atoms with Crippen LogP contribution < -0.4 is 10.4 Å². The molecule has 6 nitrogen and oxygen atoms in total. The molecule has 1 aromatic carbocycles. The molecule has 0 aliphatic heterocycles. The number of allylic oxidation sites excluding steroid dienone is 1. The van der Waals surface area contributed by atoms with Gasteiger partial charge in [0.05, 0.1) is 0 Å². The van der Waals surface area contributed by atoms with Gasteiger partial charge >= 0.3 is 17.6 Å². The molecule has 0 amide bonds. The van der Waals surface area contributed by atoms with Gasteiger partial charge in [-0.05, 0) is 32.0 Å². The van der Waals surface area contributed by atoms with Crippen LogP contribution in [0.4, 0.5) is 0 Å². The number of rotatable bonds is 3. The molecule has 0 bridgehead atoms. The first-order chi connectivity index (χ1) is 9.92. The molecule has 1 N–H and O–H groups in total. The fraction of sp³-hybridized carbons (Fsp3) is 0.133. The van der Waals surface area contributed by atoms with Crippen molar-refractivity contribution < 1.29 is 23.8 Å². The Bertz CT molecular complexity index is 813. The molecule has 0 fully saturated rings. The first-order valence-electron chi connectivity index (χ1n) is 6.08. The average molecular weight is 288 g/mol. The summed E-state index contributed by atoms with van der Waals surface area (Å²) in [5, 5.41) is 9.28. The number of esters is 1. The van der Waals surface area contributed by atoms with Crippen molar-refractivity contribution in [1.29, 1.82) is 0 Å². The van der Waals surface area contributed by atoms with Crippen LogP contribution >= 0.6 is 0 Å². The van der Waals surface area contributed by atoms with Gasteiger partial charge in [0.15, 0.2) is 0 Å². The monoisotopic (exact) mass is 288 g/mol. The van der Waals surface area contributed by atoms with Gasteiger partial charge in [-0.25, -0.2) is 14.4 Å². The van der Waals surface area contributed by atoms with Crippen LogP contribution in [0.1, 0.15) is 24.2 Å². The van der Waals surface area contributed by atoms with Crippen molar-refractivity contribution in [2.45, 2.75) is 13.8 Å². The largest absolute Gasteiger partial charge is 0.477 e. The minimum atomic E-state index is -1.36.